The Morgan fingerprint density at radius 1 is 1.56 bits per heavy atom. The van der Waals surface area contributed by atoms with Crippen LogP contribution in [0, 0.1) is 12.7 Å². The van der Waals surface area contributed by atoms with Crippen molar-refractivity contribution in [2.75, 3.05) is 6.61 Å². The Labute approximate surface area is 106 Å². The minimum atomic E-state index is -0.449. The smallest absolute Gasteiger partial charge is 0.254 e. The molecule has 0 spiro atoms. The summed E-state index contributed by atoms with van der Waals surface area (Å²) in [5, 5.41) is 2.80. The number of hydrogen-bond donors (Lipinski definition) is 1. The minimum Gasteiger partial charge on any atom is -0.376 e. The van der Waals surface area contributed by atoms with Gasteiger partial charge in [-0.15, -0.1) is 0 Å². The van der Waals surface area contributed by atoms with Crippen LogP contribution in [0.5, 0.6) is 0 Å². The van der Waals surface area contributed by atoms with E-state index in [1.807, 2.05) is 6.92 Å². The van der Waals surface area contributed by atoms with Gasteiger partial charge in [0.2, 0.25) is 0 Å². The van der Waals surface area contributed by atoms with E-state index in [0.29, 0.717) is 5.56 Å². The zero-order valence-electron chi connectivity index (χ0n) is 10.7. The van der Waals surface area contributed by atoms with Crippen LogP contribution in [0.25, 0.3) is 0 Å². The van der Waals surface area contributed by atoms with Gasteiger partial charge in [-0.05, 0) is 38.3 Å². The quantitative estimate of drug-likeness (QED) is 0.896. The normalized spacial score (nSPS) is 20.7. The Bertz CT molecular complexity index is 441. The van der Waals surface area contributed by atoms with Crippen LogP contribution < -0.4 is 5.32 Å². The Kier molecular flexibility index (Phi) is 3.97. The van der Waals surface area contributed by atoms with Crippen molar-refractivity contribution in [3.63, 3.8) is 0 Å². The first kappa shape index (κ1) is 13.0. The van der Waals surface area contributed by atoms with Crippen LogP contribution in [-0.2, 0) is 4.74 Å². The van der Waals surface area contributed by atoms with E-state index >= 15 is 0 Å². The van der Waals surface area contributed by atoms with Gasteiger partial charge in [0.1, 0.15) is 5.82 Å². The summed E-state index contributed by atoms with van der Waals surface area (Å²) in [5.41, 5.74) is 0.576. The van der Waals surface area contributed by atoms with Crippen molar-refractivity contribution < 1.29 is 13.9 Å². The van der Waals surface area contributed by atoms with E-state index in [1.165, 1.54) is 6.07 Å². The first-order valence-corrected chi connectivity index (χ1v) is 6.27. The minimum absolute atomic E-state index is 0.0434. The maximum absolute atomic E-state index is 13.8. The fraction of sp³-hybridized carbons (Fsp3) is 0.500. The fourth-order valence-corrected chi connectivity index (χ4v) is 2.20. The molecule has 2 unspecified atom stereocenters. The second-order valence-corrected chi connectivity index (χ2v) is 4.75. The summed E-state index contributed by atoms with van der Waals surface area (Å²) in [6, 6.07) is 4.74. The molecule has 1 heterocycles. The zero-order valence-corrected chi connectivity index (χ0v) is 10.7. The number of carbonyl (C=O) groups is 1. The molecular weight excluding hydrogens is 233 g/mol. The SMILES string of the molecule is Cc1cccc(C(=O)NC(C)C2CCCO2)c1F. The van der Waals surface area contributed by atoms with Gasteiger partial charge in [-0.25, -0.2) is 4.39 Å². The van der Waals surface area contributed by atoms with Gasteiger partial charge < -0.3 is 10.1 Å². The van der Waals surface area contributed by atoms with E-state index in [0.717, 1.165) is 19.4 Å². The van der Waals surface area contributed by atoms with Gasteiger partial charge in [0.05, 0.1) is 17.7 Å². The van der Waals surface area contributed by atoms with E-state index in [1.54, 1.807) is 19.1 Å². The molecule has 0 radical (unpaired) electrons. The highest BCUT2D eigenvalue weighted by molar-refractivity contribution is 5.94. The average molecular weight is 251 g/mol. The van der Waals surface area contributed by atoms with E-state index < -0.39 is 5.82 Å². The first-order chi connectivity index (χ1) is 8.59. The monoisotopic (exact) mass is 251 g/mol. The van der Waals surface area contributed by atoms with Crippen LogP contribution in [-0.4, -0.2) is 24.7 Å². The van der Waals surface area contributed by atoms with E-state index in [-0.39, 0.29) is 23.6 Å². The molecule has 0 aliphatic carbocycles. The van der Waals surface area contributed by atoms with Gasteiger partial charge >= 0.3 is 0 Å². The van der Waals surface area contributed by atoms with Crippen molar-refractivity contribution >= 4 is 5.91 Å². The van der Waals surface area contributed by atoms with Crippen LogP contribution in [0.2, 0.25) is 0 Å². The van der Waals surface area contributed by atoms with Gasteiger partial charge in [0, 0.05) is 6.61 Å². The molecule has 1 saturated heterocycles. The topological polar surface area (TPSA) is 38.3 Å². The highest BCUT2D eigenvalue weighted by atomic mass is 19.1. The third kappa shape index (κ3) is 2.70. The molecule has 1 fully saturated rings. The van der Waals surface area contributed by atoms with Crippen molar-refractivity contribution in [3.05, 3.63) is 35.1 Å². The van der Waals surface area contributed by atoms with Crippen molar-refractivity contribution in [2.45, 2.75) is 38.8 Å². The molecule has 0 saturated carbocycles. The predicted molar refractivity (Wildman–Crippen MR) is 67.0 cm³/mol. The summed E-state index contributed by atoms with van der Waals surface area (Å²) in [6.07, 6.45) is 2.00. The zero-order chi connectivity index (χ0) is 13.1. The number of amides is 1. The fourth-order valence-electron chi connectivity index (χ4n) is 2.20. The molecule has 1 amide bonds. The van der Waals surface area contributed by atoms with Crippen LogP contribution in [0.15, 0.2) is 18.2 Å². The van der Waals surface area contributed by atoms with Crippen molar-refractivity contribution in [3.8, 4) is 0 Å². The highest BCUT2D eigenvalue weighted by Crippen LogP contribution is 2.17. The molecule has 1 aromatic carbocycles. The molecular formula is C14H18FNO2. The van der Waals surface area contributed by atoms with E-state index in [9.17, 15) is 9.18 Å². The molecule has 3 nitrogen and oxygen atoms in total. The molecule has 1 aliphatic rings. The summed E-state index contributed by atoms with van der Waals surface area (Å²) in [4.78, 5) is 12.0. The second kappa shape index (κ2) is 5.48. The molecule has 18 heavy (non-hydrogen) atoms. The lowest BCUT2D eigenvalue weighted by atomic mass is 10.1. The van der Waals surface area contributed by atoms with E-state index in [2.05, 4.69) is 5.32 Å². The number of ether oxygens (including phenoxy) is 1. The third-order valence-electron chi connectivity index (χ3n) is 3.32. The maximum Gasteiger partial charge on any atom is 0.254 e. The number of aryl methyl sites for hydroxylation is 1. The third-order valence-corrected chi connectivity index (χ3v) is 3.32. The van der Waals surface area contributed by atoms with Crippen LogP contribution >= 0.6 is 0 Å². The number of rotatable bonds is 3. The maximum atomic E-state index is 13.8. The van der Waals surface area contributed by atoms with Gasteiger partial charge in [-0.2, -0.15) is 0 Å². The van der Waals surface area contributed by atoms with Crippen molar-refractivity contribution in [2.24, 2.45) is 0 Å². The van der Waals surface area contributed by atoms with Gasteiger partial charge in [-0.3, -0.25) is 4.79 Å². The summed E-state index contributed by atoms with van der Waals surface area (Å²) >= 11 is 0. The first-order valence-electron chi connectivity index (χ1n) is 6.27. The Hall–Kier alpha value is -1.42. The van der Waals surface area contributed by atoms with Crippen molar-refractivity contribution in [1.82, 2.24) is 5.32 Å². The van der Waals surface area contributed by atoms with Gasteiger partial charge in [-0.1, -0.05) is 12.1 Å². The number of carbonyl (C=O) groups excluding carboxylic acids is 1. The van der Waals surface area contributed by atoms with Gasteiger partial charge in [0.25, 0.3) is 5.91 Å². The number of hydrogen-bond acceptors (Lipinski definition) is 2. The largest absolute Gasteiger partial charge is 0.376 e. The molecule has 1 aliphatic heterocycles. The summed E-state index contributed by atoms with van der Waals surface area (Å²) in [6.45, 7) is 4.28. The highest BCUT2D eigenvalue weighted by Gasteiger charge is 2.24. The van der Waals surface area contributed by atoms with Crippen LogP contribution in [0.4, 0.5) is 4.39 Å². The molecule has 1 aromatic rings. The molecule has 98 valence electrons. The molecule has 0 aromatic heterocycles. The molecule has 4 heteroatoms. The summed E-state index contributed by atoms with van der Waals surface area (Å²) < 4.78 is 19.3. The second-order valence-electron chi connectivity index (χ2n) is 4.75. The molecule has 0 bridgehead atoms. The summed E-state index contributed by atoms with van der Waals surface area (Å²) in [7, 11) is 0. The number of benzene rings is 1. The lowest BCUT2D eigenvalue weighted by Crippen LogP contribution is -2.41. The Morgan fingerprint density at radius 2 is 2.33 bits per heavy atom. The standard InChI is InChI=1S/C14H18FNO2/c1-9-5-3-6-11(13(9)15)14(17)16-10(2)12-7-4-8-18-12/h3,5-6,10,12H,4,7-8H2,1-2H3,(H,16,17). The molecule has 2 atom stereocenters. The van der Waals surface area contributed by atoms with Crippen LogP contribution in [0.1, 0.15) is 35.7 Å². The number of halogens is 1. The Morgan fingerprint density at radius 3 is 3.00 bits per heavy atom. The molecule has 1 N–H and O–H groups in total. The van der Waals surface area contributed by atoms with Gasteiger partial charge in [0.15, 0.2) is 0 Å². The van der Waals surface area contributed by atoms with Crippen LogP contribution in [0.3, 0.4) is 0 Å². The van der Waals surface area contributed by atoms with Crippen molar-refractivity contribution in [1.29, 1.82) is 0 Å². The lowest BCUT2D eigenvalue weighted by Gasteiger charge is -2.20. The summed E-state index contributed by atoms with van der Waals surface area (Å²) in [5.74, 6) is -0.825. The Balaban J connectivity index is 2.05. The number of nitrogens with one attached hydrogen (secondary N) is 1. The molecule has 2 rings (SSSR count). The lowest BCUT2D eigenvalue weighted by molar-refractivity contribution is 0.0710. The van der Waals surface area contributed by atoms with E-state index in [4.69, 9.17) is 4.74 Å². The average Bonchev–Trinajstić information content (AvgIpc) is 2.86. The predicted octanol–water partition coefficient (Wildman–Crippen LogP) is 2.43.